The van der Waals surface area contributed by atoms with E-state index in [0.29, 0.717) is 34.0 Å². The molecular formula is C26H24N4O7. The Morgan fingerprint density at radius 3 is 2.11 bits per heavy atom. The highest BCUT2D eigenvalue weighted by atomic mass is 16.6. The number of hydrogen-bond donors (Lipinski definition) is 4. The van der Waals surface area contributed by atoms with Gasteiger partial charge < -0.3 is 19.7 Å². The minimum absolute atomic E-state index is 0.138. The minimum atomic E-state index is -0.761. The number of nitrogens with one attached hydrogen (secondary N) is 2. The minimum Gasteiger partial charge on any atom is -0.447 e. The van der Waals surface area contributed by atoms with E-state index in [2.05, 4.69) is 10.6 Å². The van der Waals surface area contributed by atoms with E-state index in [-0.39, 0.29) is 37.4 Å². The summed E-state index contributed by atoms with van der Waals surface area (Å²) >= 11 is 0. The van der Waals surface area contributed by atoms with Crippen LogP contribution in [0.25, 0.3) is 28.0 Å². The number of anilines is 2. The fourth-order valence-corrected chi connectivity index (χ4v) is 3.59. The molecule has 0 aliphatic rings. The molecule has 0 saturated heterocycles. The number of aliphatic hydroxyl groups excluding tert-OH is 2. The molecule has 190 valence electrons. The molecule has 0 saturated carbocycles. The maximum absolute atomic E-state index is 13.7. The average molecular weight is 504 g/mol. The van der Waals surface area contributed by atoms with Crippen molar-refractivity contribution < 1.29 is 29.3 Å². The molecule has 4 aromatic rings. The van der Waals surface area contributed by atoms with Gasteiger partial charge in [-0.15, -0.1) is 0 Å². The summed E-state index contributed by atoms with van der Waals surface area (Å²) in [6, 6.07) is 20.4. The van der Waals surface area contributed by atoms with Gasteiger partial charge >= 0.3 is 12.2 Å². The zero-order valence-electron chi connectivity index (χ0n) is 19.6. The van der Waals surface area contributed by atoms with Crippen molar-refractivity contribution >= 4 is 34.5 Å². The van der Waals surface area contributed by atoms with Gasteiger partial charge in [-0.1, -0.05) is 30.3 Å². The summed E-state index contributed by atoms with van der Waals surface area (Å²) in [7, 11) is 0. The Labute approximate surface area is 210 Å². The van der Waals surface area contributed by atoms with Crippen LogP contribution in [0.1, 0.15) is 0 Å². The fraction of sp³-hybridized carbons (Fsp3) is 0.154. The zero-order chi connectivity index (χ0) is 26.2. The summed E-state index contributed by atoms with van der Waals surface area (Å²) in [5.74, 6) is 0.333. The molecule has 1 heterocycles. The first-order valence-electron chi connectivity index (χ1n) is 11.3. The maximum Gasteiger partial charge on any atom is 0.411 e. The molecule has 4 rings (SSSR count). The van der Waals surface area contributed by atoms with Crippen LogP contribution in [0.4, 0.5) is 21.0 Å². The molecule has 4 N–H and O–H groups in total. The average Bonchev–Trinajstić information content (AvgIpc) is 2.91. The number of benzene rings is 3. The summed E-state index contributed by atoms with van der Waals surface area (Å²) in [4.78, 5) is 42.3. The Bertz CT molecular complexity index is 1470. The lowest BCUT2D eigenvalue weighted by atomic mass is 10.1. The summed E-state index contributed by atoms with van der Waals surface area (Å²) < 4.78 is 11.1. The zero-order valence-corrected chi connectivity index (χ0v) is 19.6. The number of para-hydroxylation sites is 1. The van der Waals surface area contributed by atoms with Crippen molar-refractivity contribution in [3.63, 3.8) is 0 Å². The number of nitrogens with zero attached hydrogens (tertiary/aromatic N) is 2. The molecule has 1 aromatic heterocycles. The van der Waals surface area contributed by atoms with Crippen molar-refractivity contribution in [2.24, 2.45) is 0 Å². The highest BCUT2D eigenvalue weighted by Crippen LogP contribution is 2.26. The number of fused-ring (bicyclic) bond motifs is 1. The van der Waals surface area contributed by atoms with Gasteiger partial charge in [0.2, 0.25) is 0 Å². The lowest BCUT2D eigenvalue weighted by Gasteiger charge is -2.15. The SMILES string of the molecule is O=C(Nc1cccc(-c2nc3ccc(NC(=O)OCCO)cc3c(=O)n2-c2ccccc2)c1)OCCO. The number of aromatic nitrogens is 2. The van der Waals surface area contributed by atoms with E-state index in [4.69, 9.17) is 24.7 Å². The number of amides is 2. The van der Waals surface area contributed by atoms with E-state index in [1.54, 1.807) is 60.7 Å². The van der Waals surface area contributed by atoms with E-state index in [0.717, 1.165) is 0 Å². The second-order valence-corrected chi connectivity index (χ2v) is 7.69. The van der Waals surface area contributed by atoms with Gasteiger partial charge in [-0.25, -0.2) is 14.6 Å². The summed E-state index contributed by atoms with van der Waals surface area (Å²) in [6.07, 6.45) is -1.49. The largest absolute Gasteiger partial charge is 0.447 e. The van der Waals surface area contributed by atoms with Gasteiger partial charge in [0.05, 0.1) is 29.8 Å². The molecule has 3 aromatic carbocycles. The Balaban J connectivity index is 1.80. The van der Waals surface area contributed by atoms with E-state index in [9.17, 15) is 14.4 Å². The molecule has 2 amide bonds. The second kappa shape index (κ2) is 11.8. The van der Waals surface area contributed by atoms with Crippen molar-refractivity contribution in [1.29, 1.82) is 0 Å². The Morgan fingerprint density at radius 1 is 0.811 bits per heavy atom. The van der Waals surface area contributed by atoms with Crippen LogP contribution in [-0.2, 0) is 9.47 Å². The first-order valence-corrected chi connectivity index (χ1v) is 11.3. The Kier molecular flexibility index (Phi) is 8.08. The van der Waals surface area contributed by atoms with E-state index < -0.39 is 12.2 Å². The molecule has 37 heavy (non-hydrogen) atoms. The number of rotatable bonds is 8. The quantitative estimate of drug-likeness (QED) is 0.286. The van der Waals surface area contributed by atoms with E-state index >= 15 is 0 Å². The van der Waals surface area contributed by atoms with Gasteiger partial charge in [-0.05, 0) is 42.5 Å². The number of hydrogen-bond acceptors (Lipinski definition) is 8. The maximum atomic E-state index is 13.7. The first-order chi connectivity index (χ1) is 18.0. The molecule has 11 nitrogen and oxygen atoms in total. The lowest BCUT2D eigenvalue weighted by molar-refractivity contribution is 0.131. The van der Waals surface area contributed by atoms with Crippen LogP contribution in [0.5, 0.6) is 0 Å². The molecule has 0 fully saturated rings. The second-order valence-electron chi connectivity index (χ2n) is 7.69. The molecule has 11 heteroatoms. The monoisotopic (exact) mass is 504 g/mol. The van der Waals surface area contributed by atoms with Crippen LogP contribution >= 0.6 is 0 Å². The summed E-state index contributed by atoms with van der Waals surface area (Å²) in [6.45, 7) is -0.890. The lowest BCUT2D eigenvalue weighted by Crippen LogP contribution is -2.22. The van der Waals surface area contributed by atoms with Crippen LogP contribution < -0.4 is 16.2 Å². The summed E-state index contributed by atoms with van der Waals surface area (Å²) in [5, 5.41) is 23.0. The van der Waals surface area contributed by atoms with Gasteiger partial charge in [0, 0.05) is 16.9 Å². The molecule has 0 aliphatic carbocycles. The van der Waals surface area contributed by atoms with Gasteiger partial charge in [-0.3, -0.25) is 20.0 Å². The van der Waals surface area contributed by atoms with Gasteiger partial charge in [0.1, 0.15) is 19.0 Å². The predicted octanol–water partition coefficient (Wildman–Crippen LogP) is 3.13. The topological polar surface area (TPSA) is 152 Å². The van der Waals surface area contributed by atoms with E-state index in [1.807, 2.05) is 6.07 Å². The number of carbonyl (C=O) groups is 2. The van der Waals surface area contributed by atoms with Gasteiger partial charge in [0.25, 0.3) is 5.56 Å². The third kappa shape index (κ3) is 6.10. The molecule has 0 unspecified atom stereocenters. The summed E-state index contributed by atoms with van der Waals surface area (Å²) in [5.41, 5.74) is 1.88. The van der Waals surface area contributed by atoms with Crippen molar-refractivity contribution in [2.45, 2.75) is 0 Å². The van der Waals surface area contributed by atoms with Crippen LogP contribution in [-0.4, -0.2) is 58.4 Å². The van der Waals surface area contributed by atoms with Gasteiger partial charge in [-0.2, -0.15) is 0 Å². The Hall–Kier alpha value is -4.74. The smallest absolute Gasteiger partial charge is 0.411 e. The molecule has 0 radical (unpaired) electrons. The van der Waals surface area contributed by atoms with Crippen LogP contribution in [0.15, 0.2) is 77.6 Å². The molecule has 0 bridgehead atoms. The third-order valence-electron chi connectivity index (χ3n) is 5.15. The molecular weight excluding hydrogens is 480 g/mol. The van der Waals surface area contributed by atoms with E-state index in [1.165, 1.54) is 10.6 Å². The van der Waals surface area contributed by atoms with Gasteiger partial charge in [0.15, 0.2) is 0 Å². The van der Waals surface area contributed by atoms with Crippen molar-refractivity contribution in [3.8, 4) is 17.1 Å². The standard InChI is InChI=1S/C26H24N4O7/c31-11-13-36-25(34)27-18-6-4-5-17(15-18)23-29-22-10-9-19(28-26(35)37-14-12-32)16-21(22)24(33)30(23)20-7-2-1-3-8-20/h1-10,15-16,31-32H,11-14H2,(H,27,34)(H,28,35). The third-order valence-corrected chi connectivity index (χ3v) is 5.15. The number of aliphatic hydroxyl groups is 2. The van der Waals surface area contributed by atoms with Crippen LogP contribution in [0.2, 0.25) is 0 Å². The molecule has 0 atom stereocenters. The highest BCUT2D eigenvalue weighted by molar-refractivity contribution is 5.90. The number of carbonyl (C=O) groups excluding carboxylic acids is 2. The fourth-order valence-electron chi connectivity index (χ4n) is 3.59. The normalized spacial score (nSPS) is 10.6. The molecule has 0 aliphatic heterocycles. The first kappa shape index (κ1) is 25.4. The number of ether oxygens (including phenoxy) is 2. The predicted molar refractivity (Wildman–Crippen MR) is 137 cm³/mol. The van der Waals surface area contributed by atoms with Crippen molar-refractivity contribution in [1.82, 2.24) is 9.55 Å². The highest BCUT2D eigenvalue weighted by Gasteiger charge is 2.16. The van der Waals surface area contributed by atoms with Crippen molar-refractivity contribution in [2.75, 3.05) is 37.1 Å². The molecule has 0 spiro atoms. The Morgan fingerprint density at radius 2 is 1.46 bits per heavy atom. The van der Waals surface area contributed by atoms with Crippen LogP contribution in [0.3, 0.4) is 0 Å². The van der Waals surface area contributed by atoms with Crippen LogP contribution in [0, 0.1) is 0 Å². The van der Waals surface area contributed by atoms with Crippen molar-refractivity contribution in [3.05, 3.63) is 83.2 Å².